The average Bonchev–Trinajstić information content (AvgIpc) is 2.66. The van der Waals surface area contributed by atoms with Crippen LogP contribution in [0.2, 0.25) is 0 Å². The maximum absolute atomic E-state index is 11.9. The number of benzene rings is 1. The molecule has 0 aliphatic heterocycles. The first-order valence-electron chi connectivity index (χ1n) is 10.8. The molecule has 0 amide bonds. The van der Waals surface area contributed by atoms with Crippen molar-refractivity contribution in [1.82, 2.24) is 0 Å². The number of carbonyl (C=O) groups excluding carboxylic acids is 1. The van der Waals surface area contributed by atoms with Crippen molar-refractivity contribution in [1.29, 1.82) is 0 Å². The molecule has 1 aromatic carbocycles. The molecule has 0 saturated heterocycles. The summed E-state index contributed by atoms with van der Waals surface area (Å²) < 4.78 is 10.9. The number of esters is 1. The molecule has 1 unspecified atom stereocenters. The second kappa shape index (κ2) is 11.1. The summed E-state index contributed by atoms with van der Waals surface area (Å²) in [7, 11) is 0. The van der Waals surface area contributed by atoms with Gasteiger partial charge in [-0.05, 0) is 70.1 Å². The third kappa shape index (κ3) is 6.38. The summed E-state index contributed by atoms with van der Waals surface area (Å²) in [6.07, 6.45) is 8.46. The standard InChI is InChI=1S/C25H36O4/c1-6-8-9-10-19-14-22(26)25(23(15-19)29-16-24(27)28-7-2)21-13-18(5)11-12-20(21)17(3)4/h13-15,20-21,26H,3,6-12,16H2,1-2,4-5H3/t20-,21?/m0/s1. The highest BCUT2D eigenvalue weighted by molar-refractivity contribution is 5.71. The van der Waals surface area contributed by atoms with Gasteiger partial charge in [-0.15, -0.1) is 0 Å². The van der Waals surface area contributed by atoms with Crippen LogP contribution in [0.1, 0.15) is 76.8 Å². The fraction of sp³-hybridized carbons (Fsp3) is 0.560. The summed E-state index contributed by atoms with van der Waals surface area (Å²) in [5.41, 5.74) is 4.18. The molecule has 0 bridgehead atoms. The summed E-state index contributed by atoms with van der Waals surface area (Å²) in [4.78, 5) is 11.9. The van der Waals surface area contributed by atoms with Crippen LogP contribution in [0.4, 0.5) is 0 Å². The van der Waals surface area contributed by atoms with Crippen molar-refractivity contribution in [2.75, 3.05) is 13.2 Å². The number of hydrogen-bond acceptors (Lipinski definition) is 4. The van der Waals surface area contributed by atoms with Crippen molar-refractivity contribution >= 4 is 5.97 Å². The second-order valence-electron chi connectivity index (χ2n) is 8.11. The Morgan fingerprint density at radius 3 is 2.69 bits per heavy atom. The van der Waals surface area contributed by atoms with Crippen LogP contribution < -0.4 is 4.74 Å². The Morgan fingerprint density at radius 2 is 2.03 bits per heavy atom. The molecule has 0 heterocycles. The zero-order chi connectivity index (χ0) is 21.4. The maximum Gasteiger partial charge on any atom is 0.344 e. The molecule has 2 rings (SSSR count). The summed E-state index contributed by atoms with van der Waals surface area (Å²) in [5, 5.41) is 11.0. The molecule has 0 saturated carbocycles. The Bertz CT molecular complexity index is 747. The lowest BCUT2D eigenvalue weighted by Gasteiger charge is -2.32. The van der Waals surface area contributed by atoms with Crippen LogP contribution in [0, 0.1) is 5.92 Å². The number of hydrogen-bond donors (Lipinski definition) is 1. The van der Waals surface area contributed by atoms with Gasteiger partial charge in [0, 0.05) is 11.5 Å². The lowest BCUT2D eigenvalue weighted by Crippen LogP contribution is -2.20. The van der Waals surface area contributed by atoms with E-state index in [-0.39, 0.29) is 24.2 Å². The summed E-state index contributed by atoms with van der Waals surface area (Å²) in [6.45, 7) is 12.4. The van der Waals surface area contributed by atoms with Crippen molar-refractivity contribution in [3.05, 3.63) is 47.1 Å². The van der Waals surface area contributed by atoms with E-state index in [0.717, 1.165) is 55.2 Å². The van der Waals surface area contributed by atoms with Gasteiger partial charge in [0.15, 0.2) is 6.61 Å². The first-order valence-corrected chi connectivity index (χ1v) is 10.8. The quantitative estimate of drug-likeness (QED) is 0.294. The Hall–Kier alpha value is -2.23. The fourth-order valence-electron chi connectivity index (χ4n) is 4.09. The zero-order valence-electron chi connectivity index (χ0n) is 18.4. The molecule has 4 nitrogen and oxygen atoms in total. The molecule has 1 aromatic rings. The van der Waals surface area contributed by atoms with Crippen molar-refractivity contribution < 1.29 is 19.4 Å². The van der Waals surface area contributed by atoms with E-state index in [9.17, 15) is 9.90 Å². The monoisotopic (exact) mass is 400 g/mol. The van der Waals surface area contributed by atoms with E-state index < -0.39 is 5.97 Å². The molecule has 160 valence electrons. The topological polar surface area (TPSA) is 55.8 Å². The van der Waals surface area contributed by atoms with E-state index >= 15 is 0 Å². The summed E-state index contributed by atoms with van der Waals surface area (Å²) >= 11 is 0. The van der Waals surface area contributed by atoms with Gasteiger partial charge in [-0.2, -0.15) is 0 Å². The van der Waals surface area contributed by atoms with Crippen LogP contribution in [-0.2, 0) is 16.0 Å². The van der Waals surface area contributed by atoms with E-state index in [1.54, 1.807) is 6.92 Å². The number of ether oxygens (including phenoxy) is 2. The van der Waals surface area contributed by atoms with Crippen LogP contribution in [0.3, 0.4) is 0 Å². The molecular formula is C25H36O4. The fourth-order valence-corrected chi connectivity index (χ4v) is 4.09. The lowest BCUT2D eigenvalue weighted by atomic mass is 9.73. The Balaban J connectivity index is 2.42. The second-order valence-corrected chi connectivity index (χ2v) is 8.11. The lowest BCUT2D eigenvalue weighted by molar-refractivity contribution is -0.145. The Morgan fingerprint density at radius 1 is 1.28 bits per heavy atom. The van der Waals surface area contributed by atoms with E-state index in [0.29, 0.717) is 12.4 Å². The average molecular weight is 401 g/mol. The molecular weight excluding hydrogens is 364 g/mol. The minimum Gasteiger partial charge on any atom is -0.507 e. The van der Waals surface area contributed by atoms with Gasteiger partial charge in [-0.1, -0.05) is 43.6 Å². The molecule has 0 fully saturated rings. The third-order valence-corrected chi connectivity index (χ3v) is 5.61. The van der Waals surface area contributed by atoms with E-state index in [2.05, 4.69) is 26.5 Å². The van der Waals surface area contributed by atoms with Gasteiger partial charge in [0.25, 0.3) is 0 Å². The van der Waals surface area contributed by atoms with Crippen LogP contribution >= 0.6 is 0 Å². The normalized spacial score (nSPS) is 18.8. The van der Waals surface area contributed by atoms with E-state index in [4.69, 9.17) is 9.47 Å². The van der Waals surface area contributed by atoms with Gasteiger partial charge in [0.05, 0.1) is 6.61 Å². The summed E-state index contributed by atoms with van der Waals surface area (Å²) in [5.74, 6) is 0.636. The minimum absolute atomic E-state index is 0.0110. The molecule has 0 radical (unpaired) electrons. The number of phenolic OH excluding ortho intramolecular Hbond substituents is 1. The van der Waals surface area contributed by atoms with Gasteiger partial charge >= 0.3 is 5.97 Å². The zero-order valence-corrected chi connectivity index (χ0v) is 18.4. The number of aromatic hydroxyl groups is 1. The molecule has 1 N–H and O–H groups in total. The van der Waals surface area contributed by atoms with Crippen LogP contribution in [-0.4, -0.2) is 24.3 Å². The molecule has 0 spiro atoms. The number of allylic oxidation sites excluding steroid dienone is 3. The minimum atomic E-state index is -0.402. The maximum atomic E-state index is 11.9. The first-order chi connectivity index (χ1) is 13.9. The van der Waals surface area contributed by atoms with Crippen molar-refractivity contribution in [3.63, 3.8) is 0 Å². The number of aryl methyl sites for hydroxylation is 1. The van der Waals surface area contributed by atoms with Crippen molar-refractivity contribution in [2.45, 2.75) is 72.1 Å². The van der Waals surface area contributed by atoms with Crippen LogP contribution in [0.25, 0.3) is 0 Å². The van der Waals surface area contributed by atoms with Gasteiger partial charge in [0.1, 0.15) is 11.5 Å². The summed E-state index contributed by atoms with van der Waals surface area (Å²) in [6, 6.07) is 3.84. The van der Waals surface area contributed by atoms with E-state index in [1.165, 1.54) is 5.57 Å². The van der Waals surface area contributed by atoms with E-state index in [1.807, 2.05) is 19.1 Å². The number of unbranched alkanes of at least 4 members (excludes halogenated alkanes) is 2. The number of phenols is 1. The highest BCUT2D eigenvalue weighted by Crippen LogP contribution is 2.47. The van der Waals surface area contributed by atoms with Crippen LogP contribution in [0.5, 0.6) is 11.5 Å². The van der Waals surface area contributed by atoms with Gasteiger partial charge in [-0.25, -0.2) is 4.79 Å². The Kier molecular flexibility index (Phi) is 8.81. The highest BCUT2D eigenvalue weighted by Gasteiger charge is 2.30. The molecule has 0 aromatic heterocycles. The smallest absolute Gasteiger partial charge is 0.344 e. The van der Waals surface area contributed by atoms with Crippen LogP contribution in [0.15, 0.2) is 35.9 Å². The molecule has 1 aliphatic rings. The van der Waals surface area contributed by atoms with Gasteiger partial charge in [0.2, 0.25) is 0 Å². The predicted octanol–water partition coefficient (Wildman–Crippen LogP) is 6.08. The van der Waals surface area contributed by atoms with Crippen molar-refractivity contribution in [2.24, 2.45) is 5.92 Å². The molecule has 29 heavy (non-hydrogen) atoms. The van der Waals surface area contributed by atoms with Gasteiger partial charge < -0.3 is 14.6 Å². The largest absolute Gasteiger partial charge is 0.507 e. The van der Waals surface area contributed by atoms with Crippen molar-refractivity contribution in [3.8, 4) is 11.5 Å². The highest BCUT2D eigenvalue weighted by atomic mass is 16.6. The number of carbonyl (C=O) groups is 1. The molecule has 1 aliphatic carbocycles. The first kappa shape index (κ1) is 23.1. The SMILES string of the molecule is C=C(C)[C@@H]1CCC(C)=CC1c1c(O)cc(CCCCC)cc1OCC(=O)OCC. The Labute approximate surface area is 175 Å². The molecule has 2 atom stereocenters. The predicted molar refractivity (Wildman–Crippen MR) is 117 cm³/mol. The third-order valence-electron chi connectivity index (χ3n) is 5.61. The number of rotatable bonds is 10. The van der Waals surface area contributed by atoms with Gasteiger partial charge in [-0.3, -0.25) is 0 Å². The molecule has 4 heteroatoms.